The number of amides is 1. The molecule has 0 unspecified atom stereocenters. The van der Waals surface area contributed by atoms with Crippen LogP contribution in [0.25, 0.3) is 10.2 Å². The number of carbonyl (C=O) groups excluding carboxylic acids is 1. The number of hydrogen-bond donors (Lipinski definition) is 1. The van der Waals surface area contributed by atoms with Gasteiger partial charge in [-0.3, -0.25) is 18.7 Å². The first-order chi connectivity index (χ1) is 15.9. The highest BCUT2D eigenvalue weighted by molar-refractivity contribution is 7.17. The predicted octanol–water partition coefficient (Wildman–Crippen LogP) is 3.79. The Kier molecular flexibility index (Phi) is 6.46. The number of para-hydroxylation sites is 2. The summed E-state index contributed by atoms with van der Waals surface area (Å²) >= 11 is 1.26. The minimum atomic E-state index is -0.535. The molecule has 0 bridgehead atoms. The molecule has 0 aliphatic heterocycles. The van der Waals surface area contributed by atoms with Crippen molar-refractivity contribution in [1.29, 1.82) is 0 Å². The minimum absolute atomic E-state index is 0.0505. The number of aryl methyl sites for hydroxylation is 2. The maximum Gasteiger partial charge on any atom is 0.332 e. The number of nitrogens with zero attached hydrogens (tertiary/aromatic N) is 2. The van der Waals surface area contributed by atoms with Crippen molar-refractivity contribution in [3.63, 3.8) is 0 Å². The number of thiophene rings is 1. The number of ether oxygens (including phenoxy) is 1. The van der Waals surface area contributed by atoms with Crippen molar-refractivity contribution in [2.24, 2.45) is 0 Å². The number of carbonyl (C=O) groups is 1. The molecule has 8 heteroatoms. The van der Waals surface area contributed by atoms with Gasteiger partial charge in [0.1, 0.15) is 17.0 Å². The molecule has 4 aromatic rings. The van der Waals surface area contributed by atoms with Crippen LogP contribution >= 0.6 is 11.3 Å². The summed E-state index contributed by atoms with van der Waals surface area (Å²) in [5, 5.41) is 4.72. The zero-order chi connectivity index (χ0) is 23.5. The van der Waals surface area contributed by atoms with Crippen LogP contribution in [0.1, 0.15) is 23.6 Å². The van der Waals surface area contributed by atoms with Crippen molar-refractivity contribution in [2.75, 3.05) is 12.4 Å². The van der Waals surface area contributed by atoms with Gasteiger partial charge in [-0.15, -0.1) is 11.3 Å². The predicted molar refractivity (Wildman–Crippen MR) is 132 cm³/mol. The monoisotopic (exact) mass is 463 g/mol. The average Bonchev–Trinajstić information content (AvgIpc) is 3.31. The average molecular weight is 464 g/mol. The molecule has 33 heavy (non-hydrogen) atoms. The lowest BCUT2D eigenvalue weighted by molar-refractivity contribution is -0.116. The van der Waals surface area contributed by atoms with Crippen LogP contribution in [0.4, 0.5) is 5.69 Å². The van der Waals surface area contributed by atoms with Crippen LogP contribution in [0, 0.1) is 6.92 Å². The van der Waals surface area contributed by atoms with E-state index >= 15 is 0 Å². The molecule has 1 N–H and O–H groups in total. The Hall–Kier alpha value is -3.65. The van der Waals surface area contributed by atoms with E-state index in [-0.39, 0.29) is 24.6 Å². The number of methoxy groups -OCH3 is 1. The number of fused-ring (bicyclic) bond motifs is 1. The summed E-state index contributed by atoms with van der Waals surface area (Å²) in [6, 6.07) is 14.8. The summed E-state index contributed by atoms with van der Waals surface area (Å²) in [5.41, 5.74) is 3.00. The van der Waals surface area contributed by atoms with E-state index in [4.69, 9.17) is 4.74 Å². The molecule has 0 aliphatic carbocycles. The second kappa shape index (κ2) is 9.46. The van der Waals surface area contributed by atoms with E-state index in [1.165, 1.54) is 15.9 Å². The fourth-order valence-corrected chi connectivity index (χ4v) is 4.80. The molecular weight excluding hydrogens is 438 g/mol. The molecule has 4 rings (SSSR count). The van der Waals surface area contributed by atoms with Crippen molar-refractivity contribution in [1.82, 2.24) is 9.13 Å². The SMILES string of the molecule is CCc1cccc(C)c1NC(=O)Cn1c(=O)n(Cc2ccccc2OC)c(=O)c2sccc21. The van der Waals surface area contributed by atoms with Crippen molar-refractivity contribution in [3.8, 4) is 5.75 Å². The minimum Gasteiger partial charge on any atom is -0.496 e. The van der Waals surface area contributed by atoms with Crippen LogP contribution in [0.3, 0.4) is 0 Å². The van der Waals surface area contributed by atoms with E-state index in [0.717, 1.165) is 27.8 Å². The molecule has 0 saturated carbocycles. The van der Waals surface area contributed by atoms with Gasteiger partial charge in [-0.1, -0.05) is 43.3 Å². The van der Waals surface area contributed by atoms with Crippen molar-refractivity contribution in [3.05, 3.63) is 91.4 Å². The lowest BCUT2D eigenvalue weighted by atomic mass is 10.1. The van der Waals surface area contributed by atoms with Gasteiger partial charge in [-0.25, -0.2) is 4.79 Å². The third kappa shape index (κ3) is 4.34. The van der Waals surface area contributed by atoms with Gasteiger partial charge in [0, 0.05) is 11.3 Å². The van der Waals surface area contributed by atoms with Gasteiger partial charge in [-0.05, 0) is 42.0 Å². The van der Waals surface area contributed by atoms with Crippen LogP contribution in [0.5, 0.6) is 5.75 Å². The number of rotatable bonds is 7. The smallest absolute Gasteiger partial charge is 0.332 e. The third-order valence-corrected chi connectivity index (χ3v) is 6.56. The van der Waals surface area contributed by atoms with Gasteiger partial charge >= 0.3 is 5.69 Å². The standard InChI is InChI=1S/C25H25N3O4S/c1-4-17-10-7-8-16(2)22(17)26-21(29)15-27-19-12-13-33-23(19)24(30)28(25(27)31)14-18-9-5-6-11-20(18)32-3/h5-13H,4,14-15H2,1-3H3,(H,26,29). The van der Waals surface area contributed by atoms with E-state index in [0.29, 0.717) is 21.5 Å². The summed E-state index contributed by atoms with van der Waals surface area (Å²) in [4.78, 5) is 39.5. The molecule has 0 fully saturated rings. The van der Waals surface area contributed by atoms with Crippen LogP contribution in [0.15, 0.2) is 63.5 Å². The highest BCUT2D eigenvalue weighted by atomic mass is 32.1. The summed E-state index contributed by atoms with van der Waals surface area (Å²) in [6.45, 7) is 3.81. The first kappa shape index (κ1) is 22.5. The van der Waals surface area contributed by atoms with Crippen LogP contribution in [-0.4, -0.2) is 22.2 Å². The number of benzene rings is 2. The molecule has 1 amide bonds. The van der Waals surface area contributed by atoms with Gasteiger partial charge in [0.15, 0.2) is 0 Å². The van der Waals surface area contributed by atoms with Gasteiger partial charge < -0.3 is 10.1 Å². The normalized spacial score (nSPS) is 11.0. The van der Waals surface area contributed by atoms with Crippen molar-refractivity contribution in [2.45, 2.75) is 33.4 Å². The lowest BCUT2D eigenvalue weighted by Crippen LogP contribution is -2.41. The largest absolute Gasteiger partial charge is 0.496 e. The van der Waals surface area contributed by atoms with Gasteiger partial charge in [0.05, 0.1) is 19.2 Å². The number of hydrogen-bond acceptors (Lipinski definition) is 5. The Morgan fingerprint density at radius 1 is 1.03 bits per heavy atom. The molecule has 0 saturated heterocycles. The molecule has 2 aromatic carbocycles. The Balaban J connectivity index is 1.74. The highest BCUT2D eigenvalue weighted by Crippen LogP contribution is 2.22. The summed E-state index contributed by atoms with van der Waals surface area (Å²) in [7, 11) is 1.54. The van der Waals surface area contributed by atoms with E-state index in [1.807, 2.05) is 50.2 Å². The van der Waals surface area contributed by atoms with Crippen LogP contribution < -0.4 is 21.3 Å². The first-order valence-electron chi connectivity index (χ1n) is 10.7. The Bertz CT molecular complexity index is 1450. The third-order valence-electron chi connectivity index (χ3n) is 5.66. The van der Waals surface area contributed by atoms with E-state index in [9.17, 15) is 14.4 Å². The molecule has 7 nitrogen and oxygen atoms in total. The van der Waals surface area contributed by atoms with Crippen molar-refractivity contribution < 1.29 is 9.53 Å². The maximum absolute atomic E-state index is 13.4. The lowest BCUT2D eigenvalue weighted by Gasteiger charge is -2.16. The second-order valence-corrected chi connectivity index (χ2v) is 8.63. The first-order valence-corrected chi connectivity index (χ1v) is 11.5. The molecular formula is C25H25N3O4S. The van der Waals surface area contributed by atoms with Gasteiger partial charge in [0.2, 0.25) is 5.91 Å². The molecule has 170 valence electrons. The van der Waals surface area contributed by atoms with Gasteiger partial charge in [0.25, 0.3) is 5.56 Å². The van der Waals surface area contributed by atoms with E-state index < -0.39 is 5.69 Å². The van der Waals surface area contributed by atoms with E-state index in [2.05, 4.69) is 5.32 Å². The van der Waals surface area contributed by atoms with E-state index in [1.54, 1.807) is 24.6 Å². The fraction of sp³-hybridized carbons (Fsp3) is 0.240. The van der Waals surface area contributed by atoms with Crippen LogP contribution in [0.2, 0.25) is 0 Å². The Morgan fingerprint density at radius 2 is 1.79 bits per heavy atom. The van der Waals surface area contributed by atoms with Crippen LogP contribution in [-0.2, 0) is 24.3 Å². The molecule has 2 aromatic heterocycles. The summed E-state index contributed by atoms with van der Waals surface area (Å²) in [6.07, 6.45) is 0.774. The van der Waals surface area contributed by atoms with Crippen molar-refractivity contribution >= 4 is 33.1 Å². The maximum atomic E-state index is 13.4. The zero-order valence-electron chi connectivity index (χ0n) is 18.8. The quantitative estimate of drug-likeness (QED) is 0.452. The number of aromatic nitrogens is 2. The second-order valence-electron chi connectivity index (χ2n) is 7.72. The molecule has 0 radical (unpaired) electrons. The topological polar surface area (TPSA) is 82.3 Å². The molecule has 0 aliphatic rings. The zero-order valence-corrected chi connectivity index (χ0v) is 19.6. The number of anilines is 1. The Morgan fingerprint density at radius 3 is 2.55 bits per heavy atom. The molecule has 0 spiro atoms. The molecule has 2 heterocycles. The number of nitrogens with one attached hydrogen (secondary N) is 1. The summed E-state index contributed by atoms with van der Waals surface area (Å²) in [5.74, 6) is 0.266. The Labute approximate surface area is 194 Å². The molecule has 0 atom stereocenters. The van der Waals surface area contributed by atoms with Gasteiger partial charge in [-0.2, -0.15) is 0 Å². The fourth-order valence-electron chi connectivity index (χ4n) is 3.95. The summed E-state index contributed by atoms with van der Waals surface area (Å²) < 4.78 is 8.34. The highest BCUT2D eigenvalue weighted by Gasteiger charge is 2.18.